The topological polar surface area (TPSA) is 51.7 Å². The number of likely N-dealkylation sites (tertiary alicyclic amines) is 1. The lowest BCUT2D eigenvalue weighted by Gasteiger charge is -2.41. The van der Waals surface area contributed by atoms with Gasteiger partial charge in [0.05, 0.1) is 24.8 Å². The van der Waals surface area contributed by atoms with Crippen molar-refractivity contribution < 1.29 is 14.3 Å². The van der Waals surface area contributed by atoms with Crippen LogP contribution in [0.2, 0.25) is 0 Å². The zero-order valence-electron chi connectivity index (χ0n) is 13.5. The van der Waals surface area contributed by atoms with E-state index in [1.165, 1.54) is 0 Å². The van der Waals surface area contributed by atoms with Crippen molar-refractivity contribution >= 4 is 5.78 Å². The fraction of sp³-hybridized carbons (Fsp3) is 0.647. The van der Waals surface area contributed by atoms with Gasteiger partial charge in [0.1, 0.15) is 5.78 Å². The molecule has 5 nitrogen and oxygen atoms in total. The molecule has 120 valence electrons. The number of Topliss-reactive ketones (excluding diaryl/α,β-unsaturated/α-hetero) is 1. The van der Waals surface area contributed by atoms with Gasteiger partial charge in [0.15, 0.2) is 0 Å². The van der Waals surface area contributed by atoms with Crippen molar-refractivity contribution in [2.24, 2.45) is 0 Å². The van der Waals surface area contributed by atoms with Gasteiger partial charge in [-0.1, -0.05) is 0 Å². The number of ether oxygens (including phenoxy) is 2. The Labute approximate surface area is 131 Å². The number of hydrogen-bond donors (Lipinski definition) is 0. The summed E-state index contributed by atoms with van der Waals surface area (Å²) in [6.07, 6.45) is 1.96. The summed E-state index contributed by atoms with van der Waals surface area (Å²) in [6.45, 7) is 9.37. The Morgan fingerprint density at radius 3 is 2.68 bits per heavy atom. The van der Waals surface area contributed by atoms with Crippen LogP contribution in [0.25, 0.3) is 0 Å². The molecule has 5 heteroatoms. The fourth-order valence-electron chi connectivity index (χ4n) is 3.07. The maximum Gasteiger partial charge on any atom is 0.201 e. The SMILES string of the molecule is CC(C)(C)N1CCC(=O)C(c2ccnc(C3OCCO3)c2)C1. The van der Waals surface area contributed by atoms with Crippen LogP contribution < -0.4 is 0 Å². The highest BCUT2D eigenvalue weighted by Gasteiger charge is 2.34. The lowest BCUT2D eigenvalue weighted by atomic mass is 9.87. The predicted molar refractivity (Wildman–Crippen MR) is 82.6 cm³/mol. The second-order valence-electron chi connectivity index (χ2n) is 6.97. The van der Waals surface area contributed by atoms with E-state index in [9.17, 15) is 4.79 Å². The van der Waals surface area contributed by atoms with Gasteiger partial charge in [-0.2, -0.15) is 0 Å². The summed E-state index contributed by atoms with van der Waals surface area (Å²) in [5.74, 6) is 0.224. The van der Waals surface area contributed by atoms with Crippen LogP contribution in [0.3, 0.4) is 0 Å². The molecule has 0 bridgehead atoms. The van der Waals surface area contributed by atoms with Crippen molar-refractivity contribution in [3.05, 3.63) is 29.6 Å². The van der Waals surface area contributed by atoms with E-state index in [0.29, 0.717) is 25.4 Å². The highest BCUT2D eigenvalue weighted by atomic mass is 16.7. The number of piperidine rings is 1. The number of ketones is 1. The van der Waals surface area contributed by atoms with Gasteiger partial charge in [0.25, 0.3) is 0 Å². The molecular formula is C17H24N2O3. The monoisotopic (exact) mass is 304 g/mol. The van der Waals surface area contributed by atoms with Crippen molar-refractivity contribution in [2.45, 2.75) is 44.9 Å². The summed E-state index contributed by atoms with van der Waals surface area (Å²) in [6, 6.07) is 3.90. The zero-order chi connectivity index (χ0) is 15.7. The third kappa shape index (κ3) is 3.21. The first-order valence-electron chi connectivity index (χ1n) is 7.92. The van der Waals surface area contributed by atoms with E-state index in [1.807, 2.05) is 12.1 Å². The minimum Gasteiger partial charge on any atom is -0.345 e. The highest BCUT2D eigenvalue weighted by Crippen LogP contribution is 2.30. The van der Waals surface area contributed by atoms with Crippen LogP contribution in [0, 0.1) is 0 Å². The number of aromatic nitrogens is 1. The molecule has 2 aliphatic rings. The van der Waals surface area contributed by atoms with E-state index in [0.717, 1.165) is 24.3 Å². The number of nitrogens with zero attached hydrogens (tertiary/aromatic N) is 2. The molecule has 2 aliphatic heterocycles. The van der Waals surface area contributed by atoms with Crippen molar-refractivity contribution in [2.75, 3.05) is 26.3 Å². The van der Waals surface area contributed by atoms with E-state index in [2.05, 4.69) is 30.7 Å². The average molecular weight is 304 g/mol. The minimum absolute atomic E-state index is 0.0759. The lowest BCUT2D eigenvalue weighted by Crippen LogP contribution is -2.49. The van der Waals surface area contributed by atoms with E-state index in [4.69, 9.17) is 9.47 Å². The summed E-state index contributed by atoms with van der Waals surface area (Å²) < 4.78 is 11.0. The first kappa shape index (κ1) is 15.6. The summed E-state index contributed by atoms with van der Waals surface area (Å²) >= 11 is 0. The molecule has 0 spiro atoms. The van der Waals surface area contributed by atoms with Crippen LogP contribution in [0.4, 0.5) is 0 Å². The lowest BCUT2D eigenvalue weighted by molar-refractivity contribution is -0.124. The molecule has 3 rings (SSSR count). The van der Waals surface area contributed by atoms with Crippen LogP contribution >= 0.6 is 0 Å². The Hall–Kier alpha value is -1.30. The molecule has 0 amide bonds. The number of hydrogen-bond acceptors (Lipinski definition) is 5. The number of carbonyl (C=O) groups is 1. The predicted octanol–water partition coefficient (Wildman–Crippen LogP) is 2.28. The molecule has 1 aromatic heterocycles. The molecule has 0 aliphatic carbocycles. The first-order valence-corrected chi connectivity index (χ1v) is 7.92. The molecule has 1 atom stereocenters. The summed E-state index contributed by atoms with van der Waals surface area (Å²) in [7, 11) is 0. The van der Waals surface area contributed by atoms with Gasteiger partial charge in [-0.3, -0.25) is 14.7 Å². The van der Waals surface area contributed by atoms with Crippen LogP contribution in [-0.2, 0) is 14.3 Å². The van der Waals surface area contributed by atoms with Crippen molar-refractivity contribution in [1.29, 1.82) is 0 Å². The molecule has 2 fully saturated rings. The molecule has 1 unspecified atom stereocenters. The Bertz CT molecular complexity index is 547. The van der Waals surface area contributed by atoms with Gasteiger partial charge < -0.3 is 9.47 Å². The Kier molecular flexibility index (Phi) is 4.30. The van der Waals surface area contributed by atoms with Crippen molar-refractivity contribution in [3.63, 3.8) is 0 Å². The van der Waals surface area contributed by atoms with Gasteiger partial charge in [0, 0.05) is 31.2 Å². The van der Waals surface area contributed by atoms with Crippen LogP contribution in [0.1, 0.15) is 50.7 Å². The minimum atomic E-state index is -0.391. The molecule has 22 heavy (non-hydrogen) atoms. The van der Waals surface area contributed by atoms with Gasteiger partial charge in [0.2, 0.25) is 6.29 Å². The number of pyridine rings is 1. The smallest absolute Gasteiger partial charge is 0.201 e. The van der Waals surface area contributed by atoms with Crippen molar-refractivity contribution in [3.8, 4) is 0 Å². The molecule has 0 saturated carbocycles. The van der Waals surface area contributed by atoms with E-state index in [-0.39, 0.29) is 11.5 Å². The second kappa shape index (κ2) is 6.07. The third-order valence-electron chi connectivity index (χ3n) is 4.44. The van der Waals surface area contributed by atoms with Gasteiger partial charge in [-0.25, -0.2) is 0 Å². The molecule has 0 aromatic carbocycles. The van der Waals surface area contributed by atoms with Gasteiger partial charge in [-0.05, 0) is 38.5 Å². The number of carbonyl (C=O) groups excluding carboxylic acids is 1. The highest BCUT2D eigenvalue weighted by molar-refractivity contribution is 5.87. The molecular weight excluding hydrogens is 280 g/mol. The third-order valence-corrected chi connectivity index (χ3v) is 4.44. The van der Waals surface area contributed by atoms with Crippen molar-refractivity contribution in [1.82, 2.24) is 9.88 Å². The average Bonchev–Trinajstić information content (AvgIpc) is 3.01. The Morgan fingerprint density at radius 1 is 1.27 bits per heavy atom. The Balaban J connectivity index is 1.82. The summed E-state index contributed by atoms with van der Waals surface area (Å²) in [5.41, 5.74) is 1.85. The number of rotatable bonds is 2. The zero-order valence-corrected chi connectivity index (χ0v) is 13.5. The summed E-state index contributed by atoms with van der Waals surface area (Å²) in [4.78, 5) is 19.1. The largest absolute Gasteiger partial charge is 0.345 e. The molecule has 2 saturated heterocycles. The Morgan fingerprint density at radius 2 is 2.00 bits per heavy atom. The second-order valence-corrected chi connectivity index (χ2v) is 6.97. The van der Waals surface area contributed by atoms with Crippen LogP contribution in [0.5, 0.6) is 0 Å². The maximum atomic E-state index is 12.4. The normalized spacial score (nSPS) is 24.9. The molecule has 0 radical (unpaired) electrons. The van der Waals surface area contributed by atoms with Crippen LogP contribution in [-0.4, -0.2) is 47.5 Å². The van der Waals surface area contributed by atoms with E-state index >= 15 is 0 Å². The quantitative estimate of drug-likeness (QED) is 0.839. The first-order chi connectivity index (χ1) is 10.4. The molecule has 1 aromatic rings. The van der Waals surface area contributed by atoms with E-state index in [1.54, 1.807) is 6.20 Å². The maximum absolute atomic E-state index is 12.4. The molecule has 0 N–H and O–H groups in total. The van der Waals surface area contributed by atoms with Gasteiger partial charge in [-0.15, -0.1) is 0 Å². The summed E-state index contributed by atoms with van der Waals surface area (Å²) in [5, 5.41) is 0. The van der Waals surface area contributed by atoms with Gasteiger partial charge >= 0.3 is 0 Å². The molecule has 3 heterocycles. The fourth-order valence-corrected chi connectivity index (χ4v) is 3.07. The van der Waals surface area contributed by atoms with E-state index < -0.39 is 6.29 Å². The standard InChI is InChI=1S/C17H24N2O3/c1-17(2,3)19-7-5-15(20)13(11-19)12-4-6-18-14(10-12)16-21-8-9-22-16/h4,6,10,13,16H,5,7-9,11H2,1-3H3. The van der Waals surface area contributed by atoms with Crippen LogP contribution in [0.15, 0.2) is 18.3 Å².